The first-order valence-corrected chi connectivity index (χ1v) is 9.02. The zero-order chi connectivity index (χ0) is 21.4. The summed E-state index contributed by atoms with van der Waals surface area (Å²) in [5, 5.41) is 5.15. The van der Waals surface area contributed by atoms with E-state index in [0.717, 1.165) is 5.56 Å². The van der Waals surface area contributed by atoms with Crippen LogP contribution in [0.15, 0.2) is 48.5 Å². The fraction of sp³-hybridized carbons (Fsp3) is 0.286. The Labute approximate surface area is 168 Å². The minimum absolute atomic E-state index is 0.135. The SMILES string of the molecule is COc1cccc(C[C@@H](NC(=O)[C@H](Cc2ccc(F)cc2)NC(C)=O)C(N)=O)c1. The fourth-order valence-corrected chi connectivity index (χ4v) is 2.84. The molecular weight excluding hydrogens is 377 g/mol. The molecule has 0 saturated carbocycles. The molecule has 0 unspecified atom stereocenters. The molecule has 8 heteroatoms. The zero-order valence-corrected chi connectivity index (χ0v) is 16.3. The van der Waals surface area contributed by atoms with Crippen molar-refractivity contribution in [3.8, 4) is 5.75 Å². The molecule has 2 atom stereocenters. The maximum absolute atomic E-state index is 13.1. The molecule has 4 N–H and O–H groups in total. The maximum atomic E-state index is 13.1. The number of benzene rings is 2. The van der Waals surface area contributed by atoms with Crippen LogP contribution in [0.2, 0.25) is 0 Å². The van der Waals surface area contributed by atoms with E-state index < -0.39 is 35.6 Å². The number of hydrogen-bond donors (Lipinski definition) is 3. The van der Waals surface area contributed by atoms with Crippen molar-refractivity contribution < 1.29 is 23.5 Å². The second-order valence-corrected chi connectivity index (χ2v) is 6.60. The topological polar surface area (TPSA) is 111 Å². The average Bonchev–Trinajstić information content (AvgIpc) is 2.68. The minimum atomic E-state index is -0.973. The van der Waals surface area contributed by atoms with Crippen LogP contribution in [0, 0.1) is 5.82 Å². The maximum Gasteiger partial charge on any atom is 0.243 e. The molecule has 0 spiro atoms. The summed E-state index contributed by atoms with van der Waals surface area (Å²) in [5.41, 5.74) is 6.87. The smallest absolute Gasteiger partial charge is 0.243 e. The highest BCUT2D eigenvalue weighted by molar-refractivity contribution is 5.91. The van der Waals surface area contributed by atoms with E-state index in [1.165, 1.54) is 38.3 Å². The Bertz CT molecular complexity index is 870. The van der Waals surface area contributed by atoms with Gasteiger partial charge in [0.05, 0.1) is 7.11 Å². The Hall–Kier alpha value is -3.42. The number of amides is 3. The largest absolute Gasteiger partial charge is 0.497 e. The molecule has 0 aliphatic rings. The summed E-state index contributed by atoms with van der Waals surface area (Å²) in [5.74, 6) is -1.46. The molecule has 154 valence electrons. The number of rotatable bonds is 9. The van der Waals surface area contributed by atoms with Gasteiger partial charge in [0.15, 0.2) is 0 Å². The Balaban J connectivity index is 2.13. The first kappa shape index (κ1) is 21.9. The minimum Gasteiger partial charge on any atom is -0.497 e. The summed E-state index contributed by atoms with van der Waals surface area (Å²) in [6.07, 6.45) is 0.304. The molecule has 0 bridgehead atoms. The highest BCUT2D eigenvalue weighted by atomic mass is 19.1. The van der Waals surface area contributed by atoms with E-state index >= 15 is 0 Å². The fourth-order valence-electron chi connectivity index (χ4n) is 2.84. The lowest BCUT2D eigenvalue weighted by Crippen LogP contribution is -2.54. The second-order valence-electron chi connectivity index (χ2n) is 6.60. The Kier molecular flexibility index (Phi) is 7.70. The van der Waals surface area contributed by atoms with Crippen LogP contribution in [0.3, 0.4) is 0 Å². The number of primary amides is 1. The van der Waals surface area contributed by atoms with Crippen molar-refractivity contribution in [2.75, 3.05) is 7.11 Å². The van der Waals surface area contributed by atoms with Crippen LogP contribution in [0.1, 0.15) is 18.1 Å². The van der Waals surface area contributed by atoms with E-state index in [1.807, 2.05) is 0 Å². The van der Waals surface area contributed by atoms with E-state index in [-0.39, 0.29) is 12.8 Å². The van der Waals surface area contributed by atoms with E-state index in [0.29, 0.717) is 11.3 Å². The Morgan fingerprint density at radius 1 is 1.00 bits per heavy atom. The summed E-state index contributed by atoms with van der Waals surface area (Å²) >= 11 is 0. The number of carbonyl (C=O) groups is 3. The number of hydrogen-bond acceptors (Lipinski definition) is 4. The molecule has 7 nitrogen and oxygen atoms in total. The molecule has 0 aromatic heterocycles. The molecule has 0 radical (unpaired) electrons. The highest BCUT2D eigenvalue weighted by Gasteiger charge is 2.25. The molecule has 0 saturated heterocycles. The van der Waals surface area contributed by atoms with Gasteiger partial charge >= 0.3 is 0 Å². The average molecular weight is 401 g/mol. The van der Waals surface area contributed by atoms with Gasteiger partial charge in [-0.25, -0.2) is 4.39 Å². The molecule has 0 heterocycles. The normalized spacial score (nSPS) is 12.5. The predicted octanol–water partition coefficient (Wildman–Crippen LogP) is 1.09. The molecule has 2 aromatic rings. The zero-order valence-electron chi connectivity index (χ0n) is 16.3. The van der Waals surface area contributed by atoms with E-state index in [4.69, 9.17) is 10.5 Å². The third-order valence-corrected chi connectivity index (χ3v) is 4.28. The standard InChI is InChI=1S/C21H24FN3O4/c1-13(26)24-19(11-14-6-8-16(22)9-7-14)21(28)25-18(20(23)27)12-15-4-3-5-17(10-15)29-2/h3-10,18-19H,11-12H2,1-2H3,(H2,23,27)(H,24,26)(H,25,28)/t18-,19+/m1/s1. The van der Waals surface area contributed by atoms with Gasteiger partial charge in [-0.1, -0.05) is 24.3 Å². The Morgan fingerprint density at radius 2 is 1.66 bits per heavy atom. The van der Waals surface area contributed by atoms with Gasteiger partial charge in [-0.2, -0.15) is 0 Å². The van der Waals surface area contributed by atoms with Gasteiger partial charge in [0.1, 0.15) is 23.7 Å². The van der Waals surface area contributed by atoms with E-state index in [9.17, 15) is 18.8 Å². The lowest BCUT2D eigenvalue weighted by Gasteiger charge is -2.22. The van der Waals surface area contributed by atoms with Gasteiger partial charge in [0.25, 0.3) is 0 Å². The van der Waals surface area contributed by atoms with Crippen LogP contribution < -0.4 is 21.1 Å². The number of nitrogens with one attached hydrogen (secondary N) is 2. The molecule has 2 aromatic carbocycles. The van der Waals surface area contributed by atoms with Gasteiger partial charge in [-0.15, -0.1) is 0 Å². The molecule has 0 fully saturated rings. The summed E-state index contributed by atoms with van der Waals surface area (Å²) in [4.78, 5) is 36.2. The number of halogens is 1. The lowest BCUT2D eigenvalue weighted by atomic mass is 10.0. The van der Waals surface area contributed by atoms with Gasteiger partial charge in [0, 0.05) is 19.8 Å². The van der Waals surface area contributed by atoms with Crippen molar-refractivity contribution >= 4 is 17.7 Å². The van der Waals surface area contributed by atoms with Crippen molar-refractivity contribution in [1.29, 1.82) is 0 Å². The van der Waals surface area contributed by atoms with Crippen LogP contribution in [0.25, 0.3) is 0 Å². The van der Waals surface area contributed by atoms with E-state index in [1.54, 1.807) is 24.3 Å². The number of nitrogens with two attached hydrogens (primary N) is 1. The van der Waals surface area contributed by atoms with Gasteiger partial charge in [0.2, 0.25) is 17.7 Å². The first-order chi connectivity index (χ1) is 13.8. The quantitative estimate of drug-likeness (QED) is 0.584. The monoisotopic (exact) mass is 401 g/mol. The third kappa shape index (κ3) is 6.91. The number of methoxy groups -OCH3 is 1. The summed E-state index contributed by atoms with van der Waals surface area (Å²) in [6.45, 7) is 1.28. The molecule has 3 amide bonds. The van der Waals surface area contributed by atoms with Crippen LogP contribution in [0.4, 0.5) is 4.39 Å². The number of carbonyl (C=O) groups excluding carboxylic acids is 3. The van der Waals surface area contributed by atoms with Crippen LogP contribution in [-0.4, -0.2) is 36.9 Å². The van der Waals surface area contributed by atoms with Gasteiger partial charge in [-0.3, -0.25) is 14.4 Å². The van der Waals surface area contributed by atoms with Crippen LogP contribution >= 0.6 is 0 Å². The summed E-state index contributed by atoms with van der Waals surface area (Å²) < 4.78 is 18.3. The lowest BCUT2D eigenvalue weighted by molar-refractivity contribution is -0.130. The summed E-state index contributed by atoms with van der Waals surface area (Å²) in [6, 6.07) is 10.7. The van der Waals surface area contributed by atoms with Crippen LogP contribution in [-0.2, 0) is 27.2 Å². The number of ether oxygens (including phenoxy) is 1. The van der Waals surface area contributed by atoms with Gasteiger partial charge in [-0.05, 0) is 35.4 Å². The van der Waals surface area contributed by atoms with Crippen molar-refractivity contribution in [2.45, 2.75) is 31.8 Å². The second kappa shape index (κ2) is 10.2. The van der Waals surface area contributed by atoms with Crippen molar-refractivity contribution in [2.24, 2.45) is 5.73 Å². The van der Waals surface area contributed by atoms with Gasteiger partial charge < -0.3 is 21.1 Å². The van der Waals surface area contributed by atoms with Crippen molar-refractivity contribution in [3.63, 3.8) is 0 Å². The molecular formula is C21H24FN3O4. The Morgan fingerprint density at radius 3 is 2.24 bits per heavy atom. The summed E-state index contributed by atoms with van der Waals surface area (Å²) in [7, 11) is 1.53. The highest BCUT2D eigenvalue weighted by Crippen LogP contribution is 2.14. The molecule has 29 heavy (non-hydrogen) atoms. The van der Waals surface area contributed by atoms with E-state index in [2.05, 4.69) is 10.6 Å². The van der Waals surface area contributed by atoms with Crippen LogP contribution in [0.5, 0.6) is 5.75 Å². The first-order valence-electron chi connectivity index (χ1n) is 9.02. The third-order valence-electron chi connectivity index (χ3n) is 4.28. The van der Waals surface area contributed by atoms with Crippen molar-refractivity contribution in [1.82, 2.24) is 10.6 Å². The predicted molar refractivity (Wildman–Crippen MR) is 106 cm³/mol. The van der Waals surface area contributed by atoms with Crippen molar-refractivity contribution in [3.05, 3.63) is 65.5 Å². The molecule has 0 aliphatic carbocycles. The molecule has 2 rings (SSSR count). The molecule has 0 aliphatic heterocycles.